The van der Waals surface area contributed by atoms with Gasteiger partial charge in [0.25, 0.3) is 0 Å². The molecule has 0 aliphatic heterocycles. The molecule has 0 spiro atoms. The van der Waals surface area contributed by atoms with Gasteiger partial charge in [0, 0.05) is 0 Å². The van der Waals surface area contributed by atoms with Gasteiger partial charge in [-0.05, 0) is 23.6 Å². The van der Waals surface area contributed by atoms with Gasteiger partial charge in [-0.2, -0.15) is 0 Å². The molecule has 1 aromatic carbocycles. The third-order valence-electron chi connectivity index (χ3n) is 2.66. The average Bonchev–Trinajstić information content (AvgIpc) is 2.36. The van der Waals surface area contributed by atoms with Crippen LogP contribution in [0.25, 0.3) is 0 Å². The summed E-state index contributed by atoms with van der Waals surface area (Å²) < 4.78 is 5.65. The zero-order valence-corrected chi connectivity index (χ0v) is 10.4. The maximum atomic E-state index is 11.1. The molecule has 0 radical (unpaired) electrons. The molecule has 0 fully saturated rings. The highest BCUT2D eigenvalue weighted by atomic mass is 16.5. The van der Waals surface area contributed by atoms with Gasteiger partial charge in [-0.15, -0.1) is 0 Å². The second kappa shape index (κ2) is 6.91. The normalized spacial score (nSPS) is 11.9. The fourth-order valence-corrected chi connectivity index (χ4v) is 1.34. The summed E-state index contributed by atoms with van der Waals surface area (Å²) in [5.41, 5.74) is 3.01. The Labute approximate surface area is 102 Å². The van der Waals surface area contributed by atoms with Gasteiger partial charge in [-0.1, -0.05) is 32.4 Å². The van der Waals surface area contributed by atoms with Crippen LogP contribution >= 0.6 is 0 Å². The lowest BCUT2D eigenvalue weighted by molar-refractivity contribution is -0.120. The number of rotatable bonds is 6. The molecule has 0 saturated heterocycles. The maximum absolute atomic E-state index is 11.1. The van der Waals surface area contributed by atoms with Gasteiger partial charge in [-0.3, -0.25) is 10.2 Å². The van der Waals surface area contributed by atoms with Gasteiger partial charge in [0.15, 0.2) is 0 Å². The van der Waals surface area contributed by atoms with E-state index in [0.29, 0.717) is 12.5 Å². The van der Waals surface area contributed by atoms with Crippen LogP contribution in [-0.4, -0.2) is 12.5 Å². The quantitative estimate of drug-likeness (QED) is 0.448. The summed E-state index contributed by atoms with van der Waals surface area (Å²) in [5, 5.41) is 0. The van der Waals surface area contributed by atoms with Crippen LogP contribution in [0.2, 0.25) is 0 Å². The molecule has 17 heavy (non-hydrogen) atoms. The smallest absolute Gasteiger partial charge is 0.238 e. The van der Waals surface area contributed by atoms with Crippen LogP contribution in [0.15, 0.2) is 24.3 Å². The van der Waals surface area contributed by atoms with Crippen molar-refractivity contribution in [3.8, 4) is 5.75 Å². The van der Waals surface area contributed by atoms with E-state index in [1.165, 1.54) is 0 Å². The van der Waals surface area contributed by atoms with Crippen LogP contribution in [0.5, 0.6) is 5.75 Å². The number of hydrogen-bond acceptors (Lipinski definition) is 3. The van der Waals surface area contributed by atoms with Crippen molar-refractivity contribution in [2.75, 3.05) is 6.61 Å². The molecule has 0 bridgehead atoms. The highest BCUT2D eigenvalue weighted by molar-refractivity contribution is 5.77. The molecule has 0 aliphatic carbocycles. The number of carbonyl (C=O) groups excluding carboxylic acids is 1. The van der Waals surface area contributed by atoms with Crippen molar-refractivity contribution in [3.63, 3.8) is 0 Å². The Morgan fingerprint density at radius 3 is 2.94 bits per heavy atom. The SMILES string of the molecule is CC[C@@H](C)COc1cccc(CC(=O)NN)c1. The summed E-state index contributed by atoms with van der Waals surface area (Å²) in [6.07, 6.45) is 1.37. The van der Waals surface area contributed by atoms with E-state index in [-0.39, 0.29) is 12.3 Å². The van der Waals surface area contributed by atoms with E-state index < -0.39 is 0 Å². The molecule has 1 rings (SSSR count). The standard InChI is InChI=1S/C13H20N2O2/c1-3-10(2)9-17-12-6-4-5-11(7-12)8-13(16)15-14/h4-7,10H,3,8-9,14H2,1-2H3,(H,15,16)/t10-/m1/s1. The molecule has 0 aromatic heterocycles. The van der Waals surface area contributed by atoms with Crippen LogP contribution in [0.1, 0.15) is 25.8 Å². The largest absolute Gasteiger partial charge is 0.493 e. The number of ether oxygens (including phenoxy) is 1. The number of hydrazine groups is 1. The Morgan fingerprint density at radius 1 is 1.53 bits per heavy atom. The highest BCUT2D eigenvalue weighted by Gasteiger charge is 2.04. The lowest BCUT2D eigenvalue weighted by Gasteiger charge is -2.11. The number of amides is 1. The van der Waals surface area contributed by atoms with Gasteiger partial charge in [0.2, 0.25) is 5.91 Å². The summed E-state index contributed by atoms with van der Waals surface area (Å²) in [5.74, 6) is 6.17. The molecular weight excluding hydrogens is 216 g/mol. The topological polar surface area (TPSA) is 64.3 Å². The molecule has 4 heteroatoms. The van der Waals surface area contributed by atoms with Gasteiger partial charge >= 0.3 is 0 Å². The Bertz CT molecular complexity index is 366. The highest BCUT2D eigenvalue weighted by Crippen LogP contribution is 2.15. The van der Waals surface area contributed by atoms with E-state index in [0.717, 1.165) is 17.7 Å². The molecule has 3 N–H and O–H groups in total. The van der Waals surface area contributed by atoms with E-state index >= 15 is 0 Å². The Morgan fingerprint density at radius 2 is 2.29 bits per heavy atom. The molecule has 0 aliphatic rings. The second-order valence-electron chi connectivity index (χ2n) is 4.22. The molecule has 0 unspecified atom stereocenters. The van der Waals surface area contributed by atoms with Crippen molar-refractivity contribution in [1.29, 1.82) is 0 Å². The Balaban J connectivity index is 2.56. The predicted octanol–water partition coefficient (Wildman–Crippen LogP) is 1.64. The average molecular weight is 236 g/mol. The summed E-state index contributed by atoms with van der Waals surface area (Å²) >= 11 is 0. The van der Waals surface area contributed by atoms with Gasteiger partial charge < -0.3 is 4.74 Å². The first kappa shape index (κ1) is 13.5. The van der Waals surface area contributed by atoms with Crippen LogP contribution in [0.3, 0.4) is 0 Å². The number of nitrogens with one attached hydrogen (secondary N) is 1. The molecule has 1 atom stereocenters. The van der Waals surface area contributed by atoms with Gasteiger partial charge in [-0.25, -0.2) is 5.84 Å². The van der Waals surface area contributed by atoms with Crippen LogP contribution in [-0.2, 0) is 11.2 Å². The van der Waals surface area contributed by atoms with Gasteiger partial charge in [0.1, 0.15) is 5.75 Å². The maximum Gasteiger partial charge on any atom is 0.238 e. The molecular formula is C13H20N2O2. The number of carbonyl (C=O) groups is 1. The van der Waals surface area contributed by atoms with E-state index in [4.69, 9.17) is 10.6 Å². The number of hydrogen-bond donors (Lipinski definition) is 2. The van der Waals surface area contributed by atoms with Crippen molar-refractivity contribution in [3.05, 3.63) is 29.8 Å². The zero-order chi connectivity index (χ0) is 12.7. The van der Waals surface area contributed by atoms with E-state index in [1.807, 2.05) is 24.3 Å². The van der Waals surface area contributed by atoms with Crippen LogP contribution in [0.4, 0.5) is 0 Å². The fraction of sp³-hybridized carbons (Fsp3) is 0.462. The molecule has 1 amide bonds. The molecule has 0 heterocycles. The van der Waals surface area contributed by atoms with E-state index in [1.54, 1.807) is 0 Å². The summed E-state index contributed by atoms with van der Waals surface area (Å²) in [6.45, 7) is 4.98. The molecule has 94 valence electrons. The van der Waals surface area contributed by atoms with Crippen molar-refractivity contribution in [2.24, 2.45) is 11.8 Å². The minimum atomic E-state index is -0.205. The fourth-order valence-electron chi connectivity index (χ4n) is 1.34. The minimum absolute atomic E-state index is 0.205. The Hall–Kier alpha value is -1.55. The lowest BCUT2D eigenvalue weighted by atomic mass is 10.1. The molecule has 1 aromatic rings. The predicted molar refractivity (Wildman–Crippen MR) is 67.4 cm³/mol. The first-order chi connectivity index (χ1) is 8.15. The monoisotopic (exact) mass is 236 g/mol. The van der Waals surface area contributed by atoms with E-state index in [2.05, 4.69) is 19.3 Å². The van der Waals surface area contributed by atoms with Crippen LogP contribution < -0.4 is 16.0 Å². The zero-order valence-electron chi connectivity index (χ0n) is 10.4. The number of nitrogens with two attached hydrogens (primary N) is 1. The number of benzene rings is 1. The molecule has 0 saturated carbocycles. The van der Waals surface area contributed by atoms with Crippen LogP contribution in [0, 0.1) is 5.92 Å². The minimum Gasteiger partial charge on any atom is -0.493 e. The van der Waals surface area contributed by atoms with E-state index in [9.17, 15) is 4.79 Å². The van der Waals surface area contributed by atoms with Crippen molar-refractivity contribution < 1.29 is 9.53 Å². The Kier molecular flexibility index (Phi) is 5.49. The summed E-state index contributed by atoms with van der Waals surface area (Å²) in [4.78, 5) is 11.1. The second-order valence-corrected chi connectivity index (χ2v) is 4.22. The van der Waals surface area contributed by atoms with Crippen molar-refractivity contribution in [2.45, 2.75) is 26.7 Å². The third kappa shape index (κ3) is 4.87. The van der Waals surface area contributed by atoms with Crippen molar-refractivity contribution in [1.82, 2.24) is 5.43 Å². The first-order valence-corrected chi connectivity index (χ1v) is 5.87. The summed E-state index contributed by atoms with van der Waals surface area (Å²) in [6, 6.07) is 7.53. The third-order valence-corrected chi connectivity index (χ3v) is 2.66. The lowest BCUT2D eigenvalue weighted by Crippen LogP contribution is -2.31. The molecule has 4 nitrogen and oxygen atoms in total. The van der Waals surface area contributed by atoms with Gasteiger partial charge in [0.05, 0.1) is 13.0 Å². The first-order valence-electron chi connectivity index (χ1n) is 5.87. The van der Waals surface area contributed by atoms with Crippen molar-refractivity contribution >= 4 is 5.91 Å². The summed E-state index contributed by atoms with van der Waals surface area (Å²) in [7, 11) is 0.